The second-order valence-electron chi connectivity index (χ2n) is 5.09. The largest absolute Gasteiger partial charge is 0.314 e. The number of benzene rings is 2. The Labute approximate surface area is 114 Å². The van der Waals surface area contributed by atoms with Crippen LogP contribution in [-0.2, 0) is 5.54 Å². The molecule has 0 aromatic heterocycles. The zero-order valence-electron chi connectivity index (χ0n) is 11.1. The zero-order valence-corrected chi connectivity index (χ0v) is 11.1. The molecule has 19 heavy (non-hydrogen) atoms. The molecule has 0 radical (unpaired) electrons. The van der Waals surface area contributed by atoms with Gasteiger partial charge in [-0.3, -0.25) is 0 Å². The van der Waals surface area contributed by atoms with E-state index in [0.29, 0.717) is 0 Å². The van der Waals surface area contributed by atoms with Crippen LogP contribution in [-0.4, -0.2) is 19.6 Å². The fourth-order valence-electron chi connectivity index (χ4n) is 2.87. The van der Waals surface area contributed by atoms with Crippen molar-refractivity contribution in [1.82, 2.24) is 10.6 Å². The molecule has 98 valence electrons. The molecule has 0 unspecified atom stereocenters. The molecule has 0 aliphatic carbocycles. The lowest BCUT2D eigenvalue weighted by Gasteiger charge is -2.35. The molecule has 0 atom stereocenters. The Morgan fingerprint density at radius 2 is 1.32 bits per heavy atom. The molecular weight excluding hydrogens is 232 g/mol. The maximum atomic E-state index is 3.77. The van der Waals surface area contributed by atoms with Gasteiger partial charge in [0.1, 0.15) is 0 Å². The average Bonchev–Trinajstić information content (AvgIpc) is 2.76. The molecule has 1 fully saturated rings. The van der Waals surface area contributed by atoms with Gasteiger partial charge in [0.05, 0.1) is 5.54 Å². The van der Waals surface area contributed by atoms with Crippen molar-refractivity contribution in [3.05, 3.63) is 71.8 Å². The van der Waals surface area contributed by atoms with Gasteiger partial charge in [-0.05, 0) is 30.6 Å². The molecule has 0 spiro atoms. The average molecular weight is 252 g/mol. The third kappa shape index (κ3) is 2.42. The summed E-state index contributed by atoms with van der Waals surface area (Å²) in [4.78, 5) is 0. The Bertz CT molecular complexity index is 458. The first kappa shape index (κ1) is 12.4. The van der Waals surface area contributed by atoms with Crippen LogP contribution in [0.25, 0.3) is 0 Å². The van der Waals surface area contributed by atoms with E-state index < -0.39 is 0 Å². The Balaban J connectivity index is 2.09. The number of nitrogens with one attached hydrogen (secondary N) is 2. The summed E-state index contributed by atoms with van der Waals surface area (Å²) in [6, 6.07) is 21.5. The Morgan fingerprint density at radius 1 is 0.737 bits per heavy atom. The van der Waals surface area contributed by atoms with Crippen molar-refractivity contribution >= 4 is 0 Å². The van der Waals surface area contributed by atoms with Gasteiger partial charge in [-0.1, -0.05) is 60.7 Å². The smallest absolute Gasteiger partial charge is 0.0817 e. The minimum absolute atomic E-state index is 0.112. The van der Waals surface area contributed by atoms with Gasteiger partial charge in [-0.15, -0.1) is 0 Å². The summed E-state index contributed by atoms with van der Waals surface area (Å²) in [6.45, 7) is 3.05. The van der Waals surface area contributed by atoms with Crippen molar-refractivity contribution in [3.63, 3.8) is 0 Å². The predicted molar refractivity (Wildman–Crippen MR) is 79.2 cm³/mol. The highest BCUT2D eigenvalue weighted by Crippen LogP contribution is 2.29. The van der Waals surface area contributed by atoms with E-state index in [9.17, 15) is 0 Å². The molecule has 3 rings (SSSR count). The van der Waals surface area contributed by atoms with Crippen LogP contribution in [0.1, 0.15) is 17.5 Å². The topological polar surface area (TPSA) is 24.1 Å². The lowest BCUT2D eigenvalue weighted by Crippen LogP contribution is -2.48. The van der Waals surface area contributed by atoms with Gasteiger partial charge >= 0.3 is 0 Å². The minimum atomic E-state index is -0.112. The van der Waals surface area contributed by atoms with Gasteiger partial charge < -0.3 is 10.6 Å². The van der Waals surface area contributed by atoms with Crippen molar-refractivity contribution in [2.24, 2.45) is 0 Å². The van der Waals surface area contributed by atoms with Gasteiger partial charge in [0.25, 0.3) is 0 Å². The Morgan fingerprint density at radius 3 is 1.89 bits per heavy atom. The molecule has 2 N–H and O–H groups in total. The van der Waals surface area contributed by atoms with Gasteiger partial charge in [-0.2, -0.15) is 0 Å². The Kier molecular flexibility index (Phi) is 3.62. The summed E-state index contributed by atoms with van der Waals surface area (Å²) in [5.41, 5.74) is 2.55. The molecule has 1 saturated heterocycles. The van der Waals surface area contributed by atoms with E-state index in [1.54, 1.807) is 0 Å². The standard InChI is InChI=1S/C17H20N2/c1-3-8-15(9-4-1)17(14-18-12-7-13-19-17)16-10-5-2-6-11-16/h1-6,8-11,18-19H,7,12-14H2. The summed E-state index contributed by atoms with van der Waals surface area (Å²) < 4.78 is 0. The van der Waals surface area contributed by atoms with Crippen LogP contribution in [0.3, 0.4) is 0 Å². The molecule has 0 amide bonds. The van der Waals surface area contributed by atoms with Gasteiger partial charge in [0.2, 0.25) is 0 Å². The van der Waals surface area contributed by atoms with Crippen molar-refractivity contribution in [3.8, 4) is 0 Å². The van der Waals surface area contributed by atoms with Gasteiger partial charge in [-0.25, -0.2) is 0 Å². The van der Waals surface area contributed by atoms with Crippen LogP contribution in [0.5, 0.6) is 0 Å². The molecule has 1 aliphatic rings. The first-order chi connectivity index (χ1) is 9.42. The molecule has 2 aromatic carbocycles. The summed E-state index contributed by atoms with van der Waals surface area (Å²) in [7, 11) is 0. The first-order valence-corrected chi connectivity index (χ1v) is 6.99. The molecule has 2 heteroatoms. The summed E-state index contributed by atoms with van der Waals surface area (Å²) in [5, 5.41) is 7.34. The molecule has 1 heterocycles. The third-order valence-electron chi connectivity index (χ3n) is 3.88. The highest BCUT2D eigenvalue weighted by atomic mass is 15.1. The van der Waals surface area contributed by atoms with Crippen LogP contribution >= 0.6 is 0 Å². The molecular formula is C17H20N2. The molecule has 0 saturated carbocycles. The summed E-state index contributed by atoms with van der Waals surface area (Å²) in [5.74, 6) is 0. The van der Waals surface area contributed by atoms with Crippen LogP contribution in [0, 0.1) is 0 Å². The van der Waals surface area contributed by atoms with Gasteiger partial charge in [0, 0.05) is 6.54 Å². The second kappa shape index (κ2) is 5.55. The maximum absolute atomic E-state index is 3.77. The second-order valence-corrected chi connectivity index (χ2v) is 5.09. The number of rotatable bonds is 2. The fourth-order valence-corrected chi connectivity index (χ4v) is 2.87. The number of hydrogen-bond acceptors (Lipinski definition) is 2. The maximum Gasteiger partial charge on any atom is 0.0817 e. The first-order valence-electron chi connectivity index (χ1n) is 6.99. The quantitative estimate of drug-likeness (QED) is 0.858. The SMILES string of the molecule is c1ccc(C2(c3ccccc3)CNCCCN2)cc1. The monoisotopic (exact) mass is 252 g/mol. The van der Waals surface area contributed by atoms with Crippen molar-refractivity contribution < 1.29 is 0 Å². The molecule has 1 aliphatic heterocycles. The minimum Gasteiger partial charge on any atom is -0.314 e. The van der Waals surface area contributed by atoms with Crippen LogP contribution in [0.15, 0.2) is 60.7 Å². The molecule has 2 nitrogen and oxygen atoms in total. The lowest BCUT2D eigenvalue weighted by molar-refractivity contribution is 0.413. The van der Waals surface area contributed by atoms with E-state index in [0.717, 1.165) is 19.6 Å². The van der Waals surface area contributed by atoms with Crippen molar-refractivity contribution in [2.45, 2.75) is 12.0 Å². The van der Waals surface area contributed by atoms with Crippen LogP contribution in [0.4, 0.5) is 0 Å². The lowest BCUT2D eigenvalue weighted by atomic mass is 9.82. The van der Waals surface area contributed by atoms with E-state index >= 15 is 0 Å². The highest BCUT2D eigenvalue weighted by molar-refractivity contribution is 5.39. The van der Waals surface area contributed by atoms with Crippen molar-refractivity contribution in [1.29, 1.82) is 0 Å². The molecule has 2 aromatic rings. The van der Waals surface area contributed by atoms with E-state index in [1.807, 2.05) is 0 Å². The van der Waals surface area contributed by atoms with Crippen LogP contribution in [0.2, 0.25) is 0 Å². The Hall–Kier alpha value is -1.64. The number of hydrogen-bond donors (Lipinski definition) is 2. The zero-order chi connectivity index (χ0) is 13.0. The highest BCUT2D eigenvalue weighted by Gasteiger charge is 2.34. The van der Waals surface area contributed by atoms with Crippen LogP contribution < -0.4 is 10.6 Å². The molecule has 0 bridgehead atoms. The summed E-state index contributed by atoms with van der Waals surface area (Å²) in [6.07, 6.45) is 1.17. The van der Waals surface area contributed by atoms with Gasteiger partial charge in [0.15, 0.2) is 0 Å². The third-order valence-corrected chi connectivity index (χ3v) is 3.88. The fraction of sp³-hybridized carbons (Fsp3) is 0.294. The summed E-state index contributed by atoms with van der Waals surface area (Å²) >= 11 is 0. The van der Waals surface area contributed by atoms with Crippen molar-refractivity contribution in [2.75, 3.05) is 19.6 Å². The predicted octanol–water partition coefficient (Wildman–Crippen LogP) is 2.51. The van der Waals surface area contributed by atoms with E-state index in [2.05, 4.69) is 71.3 Å². The van der Waals surface area contributed by atoms with E-state index in [-0.39, 0.29) is 5.54 Å². The normalized spacial score (nSPS) is 18.7. The van der Waals surface area contributed by atoms with E-state index in [4.69, 9.17) is 0 Å². The van der Waals surface area contributed by atoms with E-state index in [1.165, 1.54) is 17.5 Å².